The number of halogens is 3. The molecule has 1 atom stereocenters. The number of carbonyl (C=O) groups is 1. The first-order valence-corrected chi connectivity index (χ1v) is 4.16. The lowest BCUT2D eigenvalue weighted by atomic mass is 10.1. The van der Waals surface area contributed by atoms with Crippen LogP contribution >= 0.6 is 11.6 Å². The van der Waals surface area contributed by atoms with Crippen LogP contribution in [0.4, 0.5) is 8.78 Å². The predicted octanol–water partition coefficient (Wildman–Crippen LogP) is 2.42. The van der Waals surface area contributed by atoms with E-state index >= 15 is 0 Å². The summed E-state index contributed by atoms with van der Waals surface area (Å²) in [7, 11) is 1.14. The number of methoxy groups -OCH3 is 1. The molecule has 0 saturated heterocycles. The van der Waals surface area contributed by atoms with E-state index in [1.165, 1.54) is 0 Å². The molecule has 0 radical (unpaired) electrons. The number of benzene rings is 1. The third-order valence-corrected chi connectivity index (χ3v) is 2.06. The maximum Gasteiger partial charge on any atom is 0.328 e. The van der Waals surface area contributed by atoms with Gasteiger partial charge >= 0.3 is 5.97 Å². The van der Waals surface area contributed by atoms with Gasteiger partial charge in [0.2, 0.25) is 0 Å². The van der Waals surface area contributed by atoms with E-state index in [2.05, 4.69) is 4.74 Å². The Morgan fingerprint density at radius 3 is 2.64 bits per heavy atom. The second-order valence-corrected chi connectivity index (χ2v) is 2.99. The molecule has 0 unspecified atom stereocenters. The molecule has 1 aromatic rings. The fourth-order valence-electron chi connectivity index (χ4n) is 0.937. The molecule has 0 aliphatic heterocycles. The summed E-state index contributed by atoms with van der Waals surface area (Å²) in [4.78, 5) is 10.9. The molecule has 5 heteroatoms. The molecule has 0 N–H and O–H groups in total. The summed E-state index contributed by atoms with van der Waals surface area (Å²) in [6, 6.07) is 2.80. The fourth-order valence-corrected chi connectivity index (χ4v) is 1.20. The van der Waals surface area contributed by atoms with Crippen molar-refractivity contribution in [3.8, 4) is 0 Å². The van der Waals surface area contributed by atoms with Gasteiger partial charge in [-0.2, -0.15) is 0 Å². The number of hydrogen-bond acceptors (Lipinski definition) is 2. The van der Waals surface area contributed by atoms with Crippen molar-refractivity contribution in [1.82, 2.24) is 0 Å². The van der Waals surface area contributed by atoms with Crippen molar-refractivity contribution in [3.05, 3.63) is 35.4 Å². The van der Waals surface area contributed by atoms with Gasteiger partial charge in [-0.25, -0.2) is 8.78 Å². The van der Waals surface area contributed by atoms with Crippen LogP contribution in [0.1, 0.15) is 10.9 Å². The van der Waals surface area contributed by atoms with Gasteiger partial charge in [-0.1, -0.05) is 6.07 Å². The number of rotatable bonds is 2. The maximum atomic E-state index is 13.1. The van der Waals surface area contributed by atoms with Crippen LogP contribution in [0.15, 0.2) is 18.2 Å². The van der Waals surface area contributed by atoms with E-state index in [0.29, 0.717) is 6.07 Å². The predicted molar refractivity (Wildman–Crippen MR) is 47.0 cm³/mol. The third-order valence-electron chi connectivity index (χ3n) is 1.64. The molecule has 0 amide bonds. The molecule has 0 spiro atoms. The largest absolute Gasteiger partial charge is 0.468 e. The summed E-state index contributed by atoms with van der Waals surface area (Å²) in [6.45, 7) is 0. The molecule has 0 aromatic heterocycles. The van der Waals surface area contributed by atoms with Crippen molar-refractivity contribution >= 4 is 17.6 Å². The van der Waals surface area contributed by atoms with E-state index in [4.69, 9.17) is 11.6 Å². The first kappa shape index (κ1) is 10.9. The molecule has 0 bridgehead atoms. The lowest BCUT2D eigenvalue weighted by Crippen LogP contribution is -2.10. The minimum Gasteiger partial charge on any atom is -0.468 e. The van der Waals surface area contributed by atoms with Crippen molar-refractivity contribution < 1.29 is 18.3 Å². The highest BCUT2D eigenvalue weighted by Gasteiger charge is 2.21. The Morgan fingerprint density at radius 2 is 2.14 bits per heavy atom. The number of carbonyl (C=O) groups excluding carboxylic acids is 1. The summed E-state index contributed by atoms with van der Waals surface area (Å²) in [5.74, 6) is -2.37. The highest BCUT2D eigenvalue weighted by atomic mass is 35.5. The topological polar surface area (TPSA) is 26.3 Å². The molecular weight excluding hydrogens is 214 g/mol. The van der Waals surface area contributed by atoms with Crippen LogP contribution in [-0.4, -0.2) is 13.1 Å². The van der Waals surface area contributed by atoms with Gasteiger partial charge in [0, 0.05) is 11.6 Å². The van der Waals surface area contributed by atoms with Crippen LogP contribution < -0.4 is 0 Å². The molecule has 0 fully saturated rings. The second kappa shape index (κ2) is 4.37. The van der Waals surface area contributed by atoms with E-state index in [1.807, 2.05) is 0 Å². The van der Waals surface area contributed by atoms with Crippen LogP contribution in [0.3, 0.4) is 0 Å². The molecule has 0 saturated carbocycles. The highest BCUT2D eigenvalue weighted by molar-refractivity contribution is 6.29. The zero-order valence-corrected chi connectivity index (χ0v) is 8.02. The Bertz CT molecular complexity index is 355. The lowest BCUT2D eigenvalue weighted by Gasteiger charge is -2.08. The third kappa shape index (κ3) is 2.20. The summed E-state index contributed by atoms with van der Waals surface area (Å²) >= 11 is 5.58. The molecule has 1 rings (SSSR count). The number of alkyl halides is 1. The van der Waals surface area contributed by atoms with Crippen LogP contribution in [0.25, 0.3) is 0 Å². The quantitative estimate of drug-likeness (QED) is 0.565. The van der Waals surface area contributed by atoms with Gasteiger partial charge in [0.25, 0.3) is 0 Å². The lowest BCUT2D eigenvalue weighted by molar-refractivity contribution is -0.140. The van der Waals surface area contributed by atoms with E-state index in [1.54, 1.807) is 0 Å². The Balaban J connectivity index is 3.01. The first-order valence-electron chi connectivity index (χ1n) is 3.73. The van der Waals surface area contributed by atoms with Crippen molar-refractivity contribution in [2.45, 2.75) is 5.38 Å². The monoisotopic (exact) mass is 220 g/mol. The Kier molecular flexibility index (Phi) is 3.41. The Hall–Kier alpha value is -1.16. The smallest absolute Gasteiger partial charge is 0.328 e. The van der Waals surface area contributed by atoms with Crippen LogP contribution in [0.2, 0.25) is 0 Å². The Labute approximate surface area is 84.4 Å². The molecule has 0 heterocycles. The SMILES string of the molecule is COC(=O)[C@H](Cl)c1ccc(F)cc1F. The first-order chi connectivity index (χ1) is 6.56. The van der Waals surface area contributed by atoms with Crippen molar-refractivity contribution in [2.24, 2.45) is 0 Å². The maximum absolute atomic E-state index is 13.1. The minimum atomic E-state index is -1.25. The second-order valence-electron chi connectivity index (χ2n) is 2.55. The zero-order chi connectivity index (χ0) is 10.7. The fraction of sp³-hybridized carbons (Fsp3) is 0.222. The van der Waals surface area contributed by atoms with Gasteiger partial charge in [0.1, 0.15) is 11.6 Å². The summed E-state index contributed by atoms with van der Waals surface area (Å²) in [6.07, 6.45) is 0. The molecule has 76 valence electrons. The van der Waals surface area contributed by atoms with Gasteiger partial charge in [0.15, 0.2) is 5.38 Å². The Morgan fingerprint density at radius 1 is 1.50 bits per heavy atom. The van der Waals surface area contributed by atoms with Gasteiger partial charge in [-0.15, -0.1) is 11.6 Å². The standard InChI is InChI=1S/C9H7ClF2O2/c1-14-9(13)8(10)6-3-2-5(11)4-7(6)12/h2-4,8H,1H3/t8-/m1/s1. The number of hydrogen-bond donors (Lipinski definition) is 0. The van der Waals surface area contributed by atoms with Crippen LogP contribution in [0, 0.1) is 11.6 Å². The normalized spacial score (nSPS) is 12.3. The van der Waals surface area contributed by atoms with Gasteiger partial charge in [-0.05, 0) is 6.07 Å². The molecule has 1 aromatic carbocycles. The van der Waals surface area contributed by atoms with Crippen molar-refractivity contribution in [3.63, 3.8) is 0 Å². The average Bonchev–Trinajstić information content (AvgIpc) is 2.15. The van der Waals surface area contributed by atoms with Gasteiger partial charge < -0.3 is 4.74 Å². The number of ether oxygens (including phenoxy) is 1. The van der Waals surface area contributed by atoms with Gasteiger partial charge in [-0.3, -0.25) is 4.79 Å². The summed E-state index contributed by atoms with van der Waals surface area (Å²) < 4.78 is 29.9. The molecule has 0 aliphatic rings. The van der Waals surface area contributed by atoms with Crippen molar-refractivity contribution in [2.75, 3.05) is 7.11 Å². The molecule has 0 aliphatic carbocycles. The van der Waals surface area contributed by atoms with Gasteiger partial charge in [0.05, 0.1) is 7.11 Å². The molecule has 2 nitrogen and oxygen atoms in total. The highest BCUT2D eigenvalue weighted by Crippen LogP contribution is 2.24. The molecular formula is C9H7ClF2O2. The van der Waals surface area contributed by atoms with E-state index < -0.39 is 23.0 Å². The van der Waals surface area contributed by atoms with E-state index in [0.717, 1.165) is 19.2 Å². The van der Waals surface area contributed by atoms with Crippen LogP contribution in [-0.2, 0) is 9.53 Å². The van der Waals surface area contributed by atoms with E-state index in [9.17, 15) is 13.6 Å². The van der Waals surface area contributed by atoms with Crippen LogP contribution in [0.5, 0.6) is 0 Å². The number of esters is 1. The zero-order valence-electron chi connectivity index (χ0n) is 7.26. The minimum absolute atomic E-state index is 0.0973. The molecule has 14 heavy (non-hydrogen) atoms. The average molecular weight is 221 g/mol. The summed E-state index contributed by atoms with van der Waals surface area (Å²) in [5.41, 5.74) is -0.0973. The summed E-state index contributed by atoms with van der Waals surface area (Å²) in [5, 5.41) is -1.25. The van der Waals surface area contributed by atoms with E-state index in [-0.39, 0.29) is 5.56 Å². The van der Waals surface area contributed by atoms with Crippen molar-refractivity contribution in [1.29, 1.82) is 0 Å².